The zero-order chi connectivity index (χ0) is 21.6. The van der Waals surface area contributed by atoms with Gasteiger partial charge in [0.1, 0.15) is 6.04 Å². The van der Waals surface area contributed by atoms with Crippen LogP contribution in [0.4, 0.5) is 18.9 Å². The molecule has 1 N–H and O–H groups in total. The van der Waals surface area contributed by atoms with Crippen molar-refractivity contribution in [2.24, 2.45) is 5.92 Å². The van der Waals surface area contributed by atoms with Crippen molar-refractivity contribution in [2.45, 2.75) is 32.5 Å². The molecule has 0 spiro atoms. The Morgan fingerprint density at radius 1 is 1.21 bits per heavy atom. The smallest absolute Gasteiger partial charge is 0.416 e. The number of methoxy groups -OCH3 is 1. The minimum Gasteiger partial charge on any atom is -0.467 e. The van der Waals surface area contributed by atoms with Crippen LogP contribution in [-0.2, 0) is 20.5 Å². The summed E-state index contributed by atoms with van der Waals surface area (Å²) in [6.45, 7) is 6.03. The van der Waals surface area contributed by atoms with E-state index in [4.69, 9.17) is 4.74 Å². The monoisotopic (exact) mass is 415 g/mol. The molecule has 0 unspecified atom stereocenters. The van der Waals surface area contributed by atoms with Crippen molar-refractivity contribution < 1.29 is 27.5 Å². The van der Waals surface area contributed by atoms with E-state index in [0.29, 0.717) is 31.9 Å². The number of anilines is 1. The molecule has 1 saturated heterocycles. The van der Waals surface area contributed by atoms with Crippen LogP contribution in [-0.4, -0.2) is 62.7 Å². The van der Waals surface area contributed by atoms with Crippen molar-refractivity contribution in [3.05, 3.63) is 29.8 Å². The van der Waals surface area contributed by atoms with Gasteiger partial charge in [-0.15, -0.1) is 0 Å². The van der Waals surface area contributed by atoms with Gasteiger partial charge in [0.25, 0.3) is 0 Å². The largest absolute Gasteiger partial charge is 0.467 e. The lowest BCUT2D eigenvalue weighted by molar-refractivity contribution is -0.146. The highest BCUT2D eigenvalue weighted by atomic mass is 19.4. The number of rotatable bonds is 7. The fourth-order valence-corrected chi connectivity index (χ4v) is 3.26. The number of ether oxygens (including phenoxy) is 1. The van der Waals surface area contributed by atoms with Crippen molar-refractivity contribution >= 4 is 17.6 Å². The van der Waals surface area contributed by atoms with Gasteiger partial charge in [0.15, 0.2) is 0 Å². The lowest BCUT2D eigenvalue weighted by atomic mass is 9.99. The minimum atomic E-state index is -4.37. The molecule has 1 aliphatic heterocycles. The minimum absolute atomic E-state index is 0.0517. The van der Waals surface area contributed by atoms with Gasteiger partial charge in [-0.2, -0.15) is 13.2 Å². The van der Waals surface area contributed by atoms with Crippen LogP contribution in [0.1, 0.15) is 25.8 Å². The first-order valence-corrected chi connectivity index (χ1v) is 9.67. The predicted molar refractivity (Wildman–Crippen MR) is 103 cm³/mol. The molecule has 1 heterocycles. The molecule has 0 saturated carbocycles. The first-order chi connectivity index (χ1) is 13.7. The number of nitrogens with zero attached hydrogens (tertiary/aromatic N) is 2. The highest BCUT2D eigenvalue weighted by Gasteiger charge is 2.31. The Balaban J connectivity index is 1.89. The van der Waals surface area contributed by atoms with Crippen LogP contribution in [0.5, 0.6) is 0 Å². The lowest BCUT2D eigenvalue weighted by Gasteiger charge is -2.36. The Labute approximate surface area is 169 Å². The number of amides is 1. The number of carbonyl (C=O) groups excluding carboxylic acids is 2. The second-order valence-corrected chi connectivity index (χ2v) is 7.27. The van der Waals surface area contributed by atoms with Crippen LogP contribution in [0.3, 0.4) is 0 Å². The SMILES string of the molecule is CC[C@@H](C)[C@@H](NC(=O)CN1CCN(c2cccc(C(F)(F)F)c2)CC1)C(=O)OC. The molecule has 1 aliphatic rings. The molecule has 29 heavy (non-hydrogen) atoms. The molecule has 1 aromatic carbocycles. The first-order valence-electron chi connectivity index (χ1n) is 9.67. The summed E-state index contributed by atoms with van der Waals surface area (Å²) >= 11 is 0. The van der Waals surface area contributed by atoms with Gasteiger partial charge < -0.3 is 15.0 Å². The van der Waals surface area contributed by atoms with E-state index in [1.807, 2.05) is 23.6 Å². The number of hydrogen-bond acceptors (Lipinski definition) is 5. The molecule has 9 heteroatoms. The van der Waals surface area contributed by atoms with Gasteiger partial charge in [0.2, 0.25) is 5.91 Å². The maximum atomic E-state index is 12.9. The van der Waals surface area contributed by atoms with Crippen LogP contribution in [0.15, 0.2) is 24.3 Å². The maximum absolute atomic E-state index is 12.9. The highest BCUT2D eigenvalue weighted by Crippen LogP contribution is 2.31. The quantitative estimate of drug-likeness (QED) is 0.694. The van der Waals surface area contributed by atoms with Gasteiger partial charge in [0.05, 0.1) is 19.2 Å². The average Bonchev–Trinajstić information content (AvgIpc) is 2.71. The molecule has 0 aliphatic carbocycles. The highest BCUT2D eigenvalue weighted by molar-refractivity contribution is 5.85. The fourth-order valence-electron chi connectivity index (χ4n) is 3.26. The third-order valence-corrected chi connectivity index (χ3v) is 5.26. The Hall–Kier alpha value is -2.29. The molecular weight excluding hydrogens is 387 g/mol. The van der Waals surface area contributed by atoms with E-state index in [9.17, 15) is 22.8 Å². The van der Waals surface area contributed by atoms with Gasteiger partial charge in [-0.05, 0) is 24.1 Å². The van der Waals surface area contributed by atoms with Gasteiger partial charge in [-0.3, -0.25) is 9.69 Å². The summed E-state index contributed by atoms with van der Waals surface area (Å²) in [6.07, 6.45) is -3.66. The number of carbonyl (C=O) groups is 2. The van der Waals surface area contributed by atoms with E-state index in [1.165, 1.54) is 13.2 Å². The zero-order valence-electron chi connectivity index (χ0n) is 17.0. The normalized spacial score (nSPS) is 17.5. The molecule has 162 valence electrons. The Morgan fingerprint density at radius 3 is 2.41 bits per heavy atom. The second-order valence-electron chi connectivity index (χ2n) is 7.27. The fraction of sp³-hybridized carbons (Fsp3) is 0.600. The van der Waals surface area contributed by atoms with E-state index in [1.54, 1.807) is 6.07 Å². The van der Waals surface area contributed by atoms with Gasteiger partial charge >= 0.3 is 12.1 Å². The maximum Gasteiger partial charge on any atom is 0.416 e. The predicted octanol–water partition coefficient (Wildman–Crippen LogP) is 2.53. The molecular formula is C20H28F3N3O3. The van der Waals surface area contributed by atoms with Crippen LogP contribution in [0.2, 0.25) is 0 Å². The molecule has 1 fully saturated rings. The second kappa shape index (κ2) is 9.96. The number of benzene rings is 1. The zero-order valence-corrected chi connectivity index (χ0v) is 17.0. The number of piperazine rings is 1. The summed E-state index contributed by atoms with van der Waals surface area (Å²) in [5.74, 6) is -0.792. The van der Waals surface area contributed by atoms with E-state index < -0.39 is 23.8 Å². The topological polar surface area (TPSA) is 61.9 Å². The van der Waals surface area contributed by atoms with Crippen molar-refractivity contribution in [1.82, 2.24) is 10.2 Å². The summed E-state index contributed by atoms with van der Waals surface area (Å²) in [5.41, 5.74) is -0.151. The molecule has 0 radical (unpaired) electrons. The van der Waals surface area contributed by atoms with Crippen LogP contribution in [0, 0.1) is 5.92 Å². The summed E-state index contributed by atoms with van der Waals surface area (Å²) in [6, 6.07) is 4.57. The Kier molecular flexibility index (Phi) is 7.89. The van der Waals surface area contributed by atoms with Crippen molar-refractivity contribution in [2.75, 3.05) is 44.7 Å². The standard InChI is InChI=1S/C20H28F3N3O3/c1-4-14(2)18(19(28)29-3)24-17(27)13-25-8-10-26(11-9-25)16-7-5-6-15(12-16)20(21,22)23/h5-7,12,14,18H,4,8-11,13H2,1-3H3,(H,24,27)/t14-,18-/m1/s1. The average molecular weight is 415 g/mol. The number of hydrogen-bond donors (Lipinski definition) is 1. The van der Waals surface area contributed by atoms with Crippen LogP contribution in [0.25, 0.3) is 0 Å². The van der Waals surface area contributed by atoms with Crippen molar-refractivity contribution in [3.63, 3.8) is 0 Å². The molecule has 6 nitrogen and oxygen atoms in total. The molecule has 2 atom stereocenters. The number of esters is 1. The molecule has 0 bridgehead atoms. The molecule has 0 aromatic heterocycles. The van der Waals surface area contributed by atoms with E-state index in [-0.39, 0.29) is 18.4 Å². The van der Waals surface area contributed by atoms with Crippen molar-refractivity contribution in [3.8, 4) is 0 Å². The van der Waals surface area contributed by atoms with Gasteiger partial charge in [0, 0.05) is 31.9 Å². The van der Waals surface area contributed by atoms with E-state index in [2.05, 4.69) is 5.32 Å². The molecule has 1 amide bonds. The first kappa shape index (κ1) is 23.0. The molecule has 2 rings (SSSR count). The van der Waals surface area contributed by atoms with Crippen molar-refractivity contribution in [1.29, 1.82) is 0 Å². The van der Waals surface area contributed by atoms with Crippen LogP contribution >= 0.6 is 0 Å². The number of halogens is 3. The third kappa shape index (κ3) is 6.35. The summed E-state index contributed by atoms with van der Waals surface area (Å²) in [7, 11) is 1.29. The summed E-state index contributed by atoms with van der Waals surface area (Å²) in [5, 5.41) is 2.74. The van der Waals surface area contributed by atoms with Gasteiger partial charge in [-0.25, -0.2) is 4.79 Å². The third-order valence-electron chi connectivity index (χ3n) is 5.26. The van der Waals surface area contributed by atoms with E-state index >= 15 is 0 Å². The summed E-state index contributed by atoms with van der Waals surface area (Å²) < 4.78 is 43.5. The lowest BCUT2D eigenvalue weighted by Crippen LogP contribution is -2.52. The Morgan fingerprint density at radius 2 is 1.86 bits per heavy atom. The Bertz CT molecular complexity index is 704. The van der Waals surface area contributed by atoms with Gasteiger partial charge in [-0.1, -0.05) is 26.3 Å². The summed E-state index contributed by atoms with van der Waals surface area (Å²) in [4.78, 5) is 28.1. The van der Waals surface area contributed by atoms with Crippen LogP contribution < -0.4 is 10.2 Å². The number of nitrogens with one attached hydrogen (secondary N) is 1. The number of alkyl halides is 3. The molecule has 1 aromatic rings. The van der Waals surface area contributed by atoms with E-state index in [0.717, 1.165) is 18.6 Å².